The van der Waals surface area contributed by atoms with Crippen LogP contribution in [0.2, 0.25) is 0 Å². The Hall–Kier alpha value is -0.0800. The predicted octanol–water partition coefficient (Wildman–Crippen LogP) is 5.08. The van der Waals surface area contributed by atoms with Crippen LogP contribution in [0.15, 0.2) is 0 Å². The Kier molecular flexibility index (Phi) is 12.3. The molecule has 0 aliphatic heterocycles. The van der Waals surface area contributed by atoms with Crippen LogP contribution in [0.4, 0.5) is 0 Å². The molecule has 0 aromatic carbocycles. The highest BCUT2D eigenvalue weighted by Crippen LogP contribution is 2.12. The van der Waals surface area contributed by atoms with Crippen LogP contribution < -0.4 is 0 Å². The van der Waals surface area contributed by atoms with Gasteiger partial charge in [0.1, 0.15) is 0 Å². The summed E-state index contributed by atoms with van der Waals surface area (Å²) in [5.74, 6) is 0. The summed E-state index contributed by atoms with van der Waals surface area (Å²) in [7, 11) is 7.24. The lowest BCUT2D eigenvalue weighted by molar-refractivity contribution is -0.908. The van der Waals surface area contributed by atoms with E-state index in [1.54, 1.807) is 0 Å². The number of hydrogen-bond donors (Lipinski definition) is 0. The molecular formula is C20H46N2+2. The van der Waals surface area contributed by atoms with Crippen LogP contribution in [0.25, 0.3) is 0 Å². The lowest BCUT2D eigenvalue weighted by Gasteiger charge is -2.33. The van der Waals surface area contributed by atoms with Crippen LogP contribution in [0.5, 0.6) is 0 Å². The molecule has 0 aliphatic rings. The van der Waals surface area contributed by atoms with Crippen molar-refractivity contribution in [3.63, 3.8) is 0 Å². The monoisotopic (exact) mass is 314 g/mol. The number of quaternary nitrogens is 2. The highest BCUT2D eigenvalue weighted by molar-refractivity contribution is 4.47. The summed E-state index contributed by atoms with van der Waals surface area (Å²) >= 11 is 0. The van der Waals surface area contributed by atoms with Gasteiger partial charge in [-0.1, -0.05) is 33.1 Å². The second-order valence-corrected chi connectivity index (χ2v) is 8.24. The van der Waals surface area contributed by atoms with E-state index in [2.05, 4.69) is 41.9 Å². The van der Waals surface area contributed by atoms with Crippen molar-refractivity contribution in [2.75, 3.05) is 53.9 Å². The molecule has 0 fully saturated rings. The third-order valence-electron chi connectivity index (χ3n) is 5.39. The molecule has 0 spiro atoms. The minimum absolute atomic E-state index is 1.22. The molecule has 22 heavy (non-hydrogen) atoms. The fourth-order valence-electron chi connectivity index (χ4n) is 3.23. The van der Waals surface area contributed by atoms with Crippen molar-refractivity contribution in [2.24, 2.45) is 0 Å². The van der Waals surface area contributed by atoms with E-state index < -0.39 is 0 Å². The topological polar surface area (TPSA) is 0 Å². The van der Waals surface area contributed by atoms with Gasteiger partial charge in [-0.3, -0.25) is 0 Å². The van der Waals surface area contributed by atoms with Crippen molar-refractivity contribution in [2.45, 2.75) is 78.6 Å². The van der Waals surface area contributed by atoms with E-state index in [9.17, 15) is 0 Å². The molecule has 2 heteroatoms. The summed E-state index contributed by atoms with van der Waals surface area (Å²) in [6.45, 7) is 13.7. The zero-order valence-corrected chi connectivity index (χ0v) is 16.8. The van der Waals surface area contributed by atoms with Crippen LogP contribution in [0, 0.1) is 0 Å². The molecule has 0 N–H and O–H groups in total. The molecule has 0 bridgehead atoms. The molecule has 0 radical (unpaired) electrons. The fourth-order valence-corrected chi connectivity index (χ4v) is 3.23. The zero-order valence-electron chi connectivity index (χ0n) is 16.8. The van der Waals surface area contributed by atoms with Gasteiger partial charge in [0.15, 0.2) is 0 Å². The molecular weight excluding hydrogens is 268 g/mol. The van der Waals surface area contributed by atoms with Gasteiger partial charge < -0.3 is 8.97 Å². The fraction of sp³-hybridized carbons (Fsp3) is 1.00. The zero-order chi connectivity index (χ0) is 16.9. The average Bonchev–Trinajstić information content (AvgIpc) is 2.50. The molecule has 0 aromatic rings. The SMILES string of the molecule is CCCC[N+](C)(C)CCCCCCC[N+](C)(CC)CCCC. The normalized spacial score (nSPS) is 15.0. The lowest BCUT2D eigenvalue weighted by atomic mass is 10.1. The highest BCUT2D eigenvalue weighted by atomic mass is 15.3. The van der Waals surface area contributed by atoms with Gasteiger partial charge in [0.05, 0.1) is 53.9 Å². The van der Waals surface area contributed by atoms with Crippen molar-refractivity contribution in [1.82, 2.24) is 0 Å². The average molecular weight is 315 g/mol. The van der Waals surface area contributed by atoms with Crippen LogP contribution >= 0.6 is 0 Å². The quantitative estimate of drug-likeness (QED) is 0.292. The maximum Gasteiger partial charge on any atom is 0.0784 e. The molecule has 1 atom stereocenters. The first-order valence-electron chi connectivity index (χ1n) is 10.0. The molecule has 2 nitrogen and oxygen atoms in total. The van der Waals surface area contributed by atoms with Gasteiger partial charge >= 0.3 is 0 Å². The summed E-state index contributed by atoms with van der Waals surface area (Å²) in [6, 6.07) is 0. The lowest BCUT2D eigenvalue weighted by Crippen LogP contribution is -2.45. The minimum atomic E-state index is 1.22. The summed E-state index contributed by atoms with van der Waals surface area (Å²) in [4.78, 5) is 0. The van der Waals surface area contributed by atoms with Gasteiger partial charge in [-0.15, -0.1) is 0 Å². The molecule has 0 aromatic heterocycles. The van der Waals surface area contributed by atoms with Crippen molar-refractivity contribution >= 4 is 0 Å². The van der Waals surface area contributed by atoms with E-state index in [1.165, 1.54) is 99.5 Å². The van der Waals surface area contributed by atoms with Crippen LogP contribution in [0.3, 0.4) is 0 Å². The van der Waals surface area contributed by atoms with E-state index in [1.807, 2.05) is 0 Å². The van der Waals surface area contributed by atoms with Gasteiger partial charge in [-0.25, -0.2) is 0 Å². The molecule has 1 unspecified atom stereocenters. The van der Waals surface area contributed by atoms with Crippen LogP contribution in [0.1, 0.15) is 78.6 Å². The first-order chi connectivity index (χ1) is 10.4. The van der Waals surface area contributed by atoms with Gasteiger partial charge in [0.2, 0.25) is 0 Å². The number of hydrogen-bond acceptors (Lipinski definition) is 0. The Morgan fingerprint density at radius 1 is 0.500 bits per heavy atom. The first kappa shape index (κ1) is 21.9. The van der Waals surface area contributed by atoms with Gasteiger partial charge in [0.25, 0.3) is 0 Å². The largest absolute Gasteiger partial charge is 0.328 e. The number of unbranched alkanes of at least 4 members (excludes halogenated alkanes) is 6. The van der Waals surface area contributed by atoms with E-state index in [0.29, 0.717) is 0 Å². The Morgan fingerprint density at radius 2 is 0.909 bits per heavy atom. The van der Waals surface area contributed by atoms with Crippen molar-refractivity contribution in [3.8, 4) is 0 Å². The van der Waals surface area contributed by atoms with Gasteiger partial charge in [-0.2, -0.15) is 0 Å². The van der Waals surface area contributed by atoms with Crippen molar-refractivity contribution < 1.29 is 8.97 Å². The number of nitrogens with zero attached hydrogens (tertiary/aromatic N) is 2. The van der Waals surface area contributed by atoms with E-state index >= 15 is 0 Å². The standard InChI is InChI=1S/C20H46N2/c1-7-10-17-21(4,5)18-15-13-12-14-16-20-22(6,9-3)19-11-8-2/h7-20H2,1-6H3/q+2. The molecule has 134 valence electrons. The maximum atomic E-state index is 2.45. The van der Waals surface area contributed by atoms with E-state index in [0.717, 1.165) is 0 Å². The second kappa shape index (κ2) is 12.4. The molecule has 0 rings (SSSR count). The smallest absolute Gasteiger partial charge is 0.0784 e. The van der Waals surface area contributed by atoms with Crippen molar-refractivity contribution in [3.05, 3.63) is 0 Å². The molecule has 0 saturated carbocycles. The summed E-state index contributed by atoms with van der Waals surface area (Å²) < 4.78 is 2.50. The molecule has 0 amide bonds. The van der Waals surface area contributed by atoms with E-state index in [4.69, 9.17) is 0 Å². The van der Waals surface area contributed by atoms with Crippen LogP contribution in [-0.4, -0.2) is 62.8 Å². The Morgan fingerprint density at radius 3 is 1.45 bits per heavy atom. The second-order valence-electron chi connectivity index (χ2n) is 8.24. The third-order valence-corrected chi connectivity index (χ3v) is 5.39. The predicted molar refractivity (Wildman–Crippen MR) is 101 cm³/mol. The molecule has 0 aliphatic carbocycles. The Labute approximate surface area is 142 Å². The van der Waals surface area contributed by atoms with Crippen LogP contribution in [-0.2, 0) is 0 Å². The highest BCUT2D eigenvalue weighted by Gasteiger charge is 2.17. The minimum Gasteiger partial charge on any atom is -0.328 e. The van der Waals surface area contributed by atoms with Gasteiger partial charge in [0, 0.05) is 0 Å². The third kappa shape index (κ3) is 11.5. The Bertz CT molecular complexity index is 250. The Balaban J connectivity index is 3.64. The van der Waals surface area contributed by atoms with Gasteiger partial charge in [-0.05, 0) is 45.4 Å². The number of rotatable bonds is 15. The maximum absolute atomic E-state index is 2.45. The first-order valence-corrected chi connectivity index (χ1v) is 10.0. The summed E-state index contributed by atoms with van der Waals surface area (Å²) in [5, 5.41) is 0. The van der Waals surface area contributed by atoms with Crippen molar-refractivity contribution in [1.29, 1.82) is 0 Å². The summed E-state index contributed by atoms with van der Waals surface area (Å²) in [6.07, 6.45) is 12.5. The summed E-state index contributed by atoms with van der Waals surface area (Å²) in [5.41, 5.74) is 0. The van der Waals surface area contributed by atoms with E-state index in [-0.39, 0.29) is 0 Å². The molecule has 0 saturated heterocycles. The molecule has 0 heterocycles.